The molecule has 1 amide bonds. The van der Waals surface area contributed by atoms with Crippen molar-refractivity contribution in [1.82, 2.24) is 4.90 Å². The SMILES string of the molecule is CC(=O)N1CCC(Oc2cc(NS(=O)(=O)c3ccc(Cl)cc3F)cc3c2CC(=O)C32CCC2)C1. The van der Waals surface area contributed by atoms with Crippen LogP contribution < -0.4 is 9.46 Å². The zero-order chi connectivity index (χ0) is 24.3. The van der Waals surface area contributed by atoms with Gasteiger partial charge in [0, 0.05) is 43.0 Å². The summed E-state index contributed by atoms with van der Waals surface area (Å²) in [6, 6.07) is 6.58. The molecule has 0 bridgehead atoms. The first-order valence-corrected chi connectivity index (χ1v) is 13.1. The number of ether oxygens (including phenoxy) is 1. The molecule has 1 atom stereocenters. The van der Waals surface area contributed by atoms with Gasteiger partial charge in [-0.15, -0.1) is 0 Å². The predicted molar refractivity (Wildman–Crippen MR) is 124 cm³/mol. The van der Waals surface area contributed by atoms with E-state index in [1.165, 1.54) is 13.0 Å². The molecule has 1 aliphatic heterocycles. The molecule has 2 aromatic rings. The highest BCUT2D eigenvalue weighted by molar-refractivity contribution is 7.92. The van der Waals surface area contributed by atoms with Gasteiger partial charge in [-0.05, 0) is 42.7 Å². The smallest absolute Gasteiger partial charge is 0.264 e. The Morgan fingerprint density at radius 2 is 2.03 bits per heavy atom. The van der Waals surface area contributed by atoms with Gasteiger partial charge in [-0.3, -0.25) is 14.3 Å². The maximum absolute atomic E-state index is 14.4. The molecule has 1 saturated carbocycles. The summed E-state index contributed by atoms with van der Waals surface area (Å²) >= 11 is 5.76. The van der Waals surface area contributed by atoms with Crippen LogP contribution in [0.2, 0.25) is 5.02 Å². The highest BCUT2D eigenvalue weighted by Gasteiger charge is 2.51. The number of hydrogen-bond acceptors (Lipinski definition) is 5. The second-order valence-electron chi connectivity index (χ2n) is 9.21. The molecule has 10 heteroatoms. The summed E-state index contributed by atoms with van der Waals surface area (Å²) in [5.41, 5.74) is 1.13. The van der Waals surface area contributed by atoms with E-state index in [2.05, 4.69) is 4.72 Å². The van der Waals surface area contributed by atoms with Crippen molar-refractivity contribution in [2.24, 2.45) is 0 Å². The Labute approximate surface area is 202 Å². The third-order valence-corrected chi connectivity index (χ3v) is 8.77. The highest BCUT2D eigenvalue weighted by atomic mass is 35.5. The Morgan fingerprint density at radius 3 is 2.65 bits per heavy atom. The number of Topliss-reactive ketones (excluding diaryl/α,β-unsaturated/α-hetero) is 1. The van der Waals surface area contributed by atoms with Gasteiger partial charge in [0.1, 0.15) is 28.3 Å². The van der Waals surface area contributed by atoms with Crippen molar-refractivity contribution >= 4 is 39.0 Å². The standard InChI is InChI=1S/C24H24ClFN2O5S/c1-14(29)28-8-5-17(13-28)33-21-11-16(10-19-18(21)12-23(30)24(19)6-2-7-24)27-34(31,32)22-4-3-15(25)9-20(22)26/h3-4,9-11,17,27H,2,5-8,12-13H2,1H3. The Bertz CT molecular complexity index is 1310. The summed E-state index contributed by atoms with van der Waals surface area (Å²) < 4.78 is 49.0. The summed E-state index contributed by atoms with van der Waals surface area (Å²) in [5, 5.41) is 0.0891. The molecule has 7 nitrogen and oxygen atoms in total. The van der Waals surface area contributed by atoms with Crippen LogP contribution >= 0.6 is 11.6 Å². The number of amides is 1. The molecule has 2 fully saturated rings. The third-order valence-electron chi connectivity index (χ3n) is 7.12. The number of ketones is 1. The van der Waals surface area contributed by atoms with Crippen LogP contribution in [0.4, 0.5) is 10.1 Å². The molecule has 0 radical (unpaired) electrons. The fourth-order valence-electron chi connectivity index (χ4n) is 5.17. The van der Waals surface area contributed by atoms with Crippen LogP contribution in [0.15, 0.2) is 35.2 Å². The normalized spacial score (nSPS) is 20.9. The van der Waals surface area contributed by atoms with Gasteiger partial charge >= 0.3 is 0 Å². The molecule has 34 heavy (non-hydrogen) atoms. The van der Waals surface area contributed by atoms with Crippen LogP contribution in [0.1, 0.15) is 43.7 Å². The van der Waals surface area contributed by atoms with Crippen LogP contribution in [-0.2, 0) is 31.4 Å². The highest BCUT2D eigenvalue weighted by Crippen LogP contribution is 2.53. The summed E-state index contributed by atoms with van der Waals surface area (Å²) in [6.45, 7) is 2.51. The largest absolute Gasteiger partial charge is 0.488 e. The molecular formula is C24H24ClFN2O5S. The van der Waals surface area contributed by atoms with Crippen molar-refractivity contribution in [3.63, 3.8) is 0 Å². The Kier molecular flexibility index (Phi) is 5.60. The number of sulfonamides is 1. The van der Waals surface area contributed by atoms with Gasteiger partial charge in [-0.2, -0.15) is 0 Å². The molecule has 180 valence electrons. The van der Waals surface area contributed by atoms with E-state index < -0.39 is 26.2 Å². The van der Waals surface area contributed by atoms with Gasteiger partial charge in [0.15, 0.2) is 0 Å². The van der Waals surface area contributed by atoms with E-state index in [1.807, 2.05) is 0 Å². The summed E-state index contributed by atoms with van der Waals surface area (Å²) in [7, 11) is -4.26. The molecule has 1 unspecified atom stereocenters. The number of anilines is 1. The average molecular weight is 507 g/mol. The second-order valence-corrected chi connectivity index (χ2v) is 11.3. The van der Waals surface area contributed by atoms with Crippen molar-refractivity contribution in [3.8, 4) is 5.75 Å². The first-order valence-electron chi connectivity index (χ1n) is 11.2. The molecule has 1 N–H and O–H groups in total. The predicted octanol–water partition coefficient (Wildman–Crippen LogP) is 3.83. The van der Waals surface area contributed by atoms with Crippen LogP contribution in [0.3, 0.4) is 0 Å². The summed E-state index contributed by atoms with van der Waals surface area (Å²) in [5.74, 6) is -0.455. The molecule has 1 saturated heterocycles. The lowest BCUT2D eigenvalue weighted by Gasteiger charge is -2.37. The zero-order valence-electron chi connectivity index (χ0n) is 18.6. The second kappa shape index (κ2) is 8.23. The number of hydrogen-bond donors (Lipinski definition) is 1. The summed E-state index contributed by atoms with van der Waals surface area (Å²) in [6.07, 6.45) is 2.95. The van der Waals surface area contributed by atoms with Crippen molar-refractivity contribution in [2.45, 2.75) is 55.4 Å². The van der Waals surface area contributed by atoms with E-state index >= 15 is 0 Å². The zero-order valence-corrected chi connectivity index (χ0v) is 20.1. The van der Waals surface area contributed by atoms with Gasteiger partial charge in [0.05, 0.1) is 17.6 Å². The first-order chi connectivity index (χ1) is 16.1. The minimum atomic E-state index is -4.26. The van der Waals surface area contributed by atoms with Gasteiger partial charge in [0.2, 0.25) is 5.91 Å². The molecule has 1 spiro atoms. The van der Waals surface area contributed by atoms with Crippen LogP contribution in [-0.4, -0.2) is 44.2 Å². The molecule has 5 rings (SSSR count). The minimum Gasteiger partial charge on any atom is -0.488 e. The van der Waals surface area contributed by atoms with Gasteiger partial charge in [0.25, 0.3) is 10.0 Å². The number of rotatable bonds is 5. The van der Waals surface area contributed by atoms with Crippen molar-refractivity contribution in [3.05, 3.63) is 52.3 Å². The van der Waals surface area contributed by atoms with Crippen LogP contribution in [0.25, 0.3) is 0 Å². The average Bonchev–Trinajstić information content (AvgIpc) is 3.29. The number of fused-ring (bicyclic) bond motifs is 2. The number of nitrogens with zero attached hydrogens (tertiary/aromatic N) is 1. The third kappa shape index (κ3) is 3.84. The number of nitrogens with one attached hydrogen (secondary N) is 1. The first kappa shape index (κ1) is 23.1. The van der Waals surface area contributed by atoms with Crippen LogP contribution in [0.5, 0.6) is 5.75 Å². The quantitative estimate of drug-likeness (QED) is 0.665. The molecule has 2 aliphatic carbocycles. The Morgan fingerprint density at radius 1 is 1.26 bits per heavy atom. The number of likely N-dealkylation sites (tertiary alicyclic amines) is 1. The molecule has 0 aromatic heterocycles. The lowest BCUT2D eigenvalue weighted by Crippen LogP contribution is -2.39. The van der Waals surface area contributed by atoms with Crippen LogP contribution in [0, 0.1) is 5.82 Å². The minimum absolute atomic E-state index is 0.0357. The van der Waals surface area contributed by atoms with E-state index in [0.29, 0.717) is 38.1 Å². The summed E-state index contributed by atoms with van der Waals surface area (Å²) in [4.78, 5) is 25.8. The van der Waals surface area contributed by atoms with Crippen molar-refractivity contribution < 1.29 is 27.1 Å². The van der Waals surface area contributed by atoms with Gasteiger partial charge in [-0.1, -0.05) is 18.0 Å². The molecular weight excluding hydrogens is 483 g/mol. The lowest BCUT2D eigenvalue weighted by atomic mass is 9.64. The topological polar surface area (TPSA) is 92.8 Å². The number of carbonyl (C=O) groups is 2. The fourth-order valence-corrected chi connectivity index (χ4v) is 6.43. The van der Waals surface area contributed by atoms with E-state index in [1.54, 1.807) is 17.0 Å². The molecule has 3 aliphatic rings. The van der Waals surface area contributed by atoms with E-state index in [0.717, 1.165) is 29.7 Å². The molecule has 2 aromatic carbocycles. The number of halogens is 2. The molecule has 1 heterocycles. The van der Waals surface area contributed by atoms with Gasteiger partial charge < -0.3 is 9.64 Å². The Balaban J connectivity index is 1.52. The van der Waals surface area contributed by atoms with Gasteiger partial charge in [-0.25, -0.2) is 12.8 Å². The van der Waals surface area contributed by atoms with E-state index in [4.69, 9.17) is 16.3 Å². The van der Waals surface area contributed by atoms with E-state index in [9.17, 15) is 22.4 Å². The van der Waals surface area contributed by atoms with Crippen molar-refractivity contribution in [2.75, 3.05) is 17.8 Å². The maximum Gasteiger partial charge on any atom is 0.264 e. The number of carbonyl (C=O) groups excluding carboxylic acids is 2. The maximum atomic E-state index is 14.4. The monoisotopic (exact) mass is 506 g/mol. The lowest BCUT2D eigenvalue weighted by molar-refractivity contribution is -0.128. The fraction of sp³-hybridized carbons (Fsp3) is 0.417. The Hall–Kier alpha value is -2.65. The number of benzene rings is 2. The van der Waals surface area contributed by atoms with Crippen molar-refractivity contribution in [1.29, 1.82) is 0 Å². The van der Waals surface area contributed by atoms with E-state index in [-0.39, 0.29) is 34.9 Å².